The Morgan fingerprint density at radius 2 is 1.40 bits per heavy atom. The zero-order valence-electron chi connectivity index (χ0n) is 22.2. The number of nitrogens with one attached hydrogen (secondary N) is 1. The summed E-state index contributed by atoms with van der Waals surface area (Å²) in [5.74, 6) is 1.06. The normalized spacial score (nSPS) is 10.9. The van der Waals surface area contributed by atoms with Gasteiger partial charge in [0.2, 0.25) is 0 Å². The summed E-state index contributed by atoms with van der Waals surface area (Å²) in [4.78, 5) is 12.4. The molecule has 1 N–H and O–H groups in total. The van der Waals surface area contributed by atoms with E-state index in [0.29, 0.717) is 12.4 Å². The molecule has 0 unspecified atom stereocenters. The molecular formula is C33H30N4O3. The molecule has 5 rings (SSSR count). The molecule has 0 radical (unpaired) electrons. The molecule has 0 spiro atoms. The molecule has 7 heteroatoms. The van der Waals surface area contributed by atoms with Gasteiger partial charge in [0.25, 0.3) is 5.91 Å². The minimum atomic E-state index is -0.363. The Kier molecular flexibility index (Phi) is 8.63. The fraction of sp³-hybridized carbons (Fsp3) is 0.121. The summed E-state index contributed by atoms with van der Waals surface area (Å²) >= 11 is 0. The summed E-state index contributed by atoms with van der Waals surface area (Å²) in [5.41, 5.74) is 8.07. The van der Waals surface area contributed by atoms with Crippen LogP contribution in [0.1, 0.15) is 18.9 Å². The minimum absolute atomic E-state index is 0.155. The maximum absolute atomic E-state index is 12.4. The lowest BCUT2D eigenvalue weighted by molar-refractivity contribution is -0.123. The second kappa shape index (κ2) is 13.1. The number of hydrogen-bond acceptors (Lipinski definition) is 5. The summed E-state index contributed by atoms with van der Waals surface area (Å²) in [6.07, 6.45) is 4.42. The molecule has 7 nitrogen and oxygen atoms in total. The SMILES string of the molecule is CCCOc1ccc(-c2nn(-c3ccccc3)cc2/C=N\NC(=O)COc2ccc(-c3ccccc3)cc2)cc1. The topological polar surface area (TPSA) is 77.7 Å². The van der Waals surface area contributed by atoms with Gasteiger partial charge in [0, 0.05) is 17.3 Å². The Morgan fingerprint density at radius 1 is 0.800 bits per heavy atom. The lowest BCUT2D eigenvalue weighted by atomic mass is 10.1. The predicted molar refractivity (Wildman–Crippen MR) is 158 cm³/mol. The Balaban J connectivity index is 1.24. The first-order valence-electron chi connectivity index (χ1n) is 13.2. The third-order valence-corrected chi connectivity index (χ3v) is 6.09. The molecule has 0 aliphatic rings. The number of para-hydroxylation sites is 1. The molecule has 0 bridgehead atoms. The lowest BCUT2D eigenvalue weighted by Gasteiger charge is -2.07. The molecular weight excluding hydrogens is 500 g/mol. The van der Waals surface area contributed by atoms with Crippen molar-refractivity contribution >= 4 is 12.1 Å². The van der Waals surface area contributed by atoms with Crippen molar-refractivity contribution in [2.24, 2.45) is 5.10 Å². The van der Waals surface area contributed by atoms with Crippen molar-refractivity contribution in [1.82, 2.24) is 15.2 Å². The van der Waals surface area contributed by atoms with Crippen molar-refractivity contribution in [3.05, 3.63) is 121 Å². The van der Waals surface area contributed by atoms with Gasteiger partial charge in [0.05, 0.1) is 18.5 Å². The van der Waals surface area contributed by atoms with Gasteiger partial charge in [-0.1, -0.05) is 67.6 Å². The molecule has 4 aromatic carbocycles. The van der Waals surface area contributed by atoms with Crippen LogP contribution in [0.4, 0.5) is 0 Å². The number of ether oxygens (including phenoxy) is 2. The van der Waals surface area contributed by atoms with E-state index in [-0.39, 0.29) is 12.5 Å². The number of hydrazone groups is 1. The van der Waals surface area contributed by atoms with E-state index in [9.17, 15) is 4.79 Å². The van der Waals surface area contributed by atoms with Crippen LogP contribution in [0.3, 0.4) is 0 Å². The van der Waals surface area contributed by atoms with Crippen LogP contribution in [-0.4, -0.2) is 35.1 Å². The molecule has 1 amide bonds. The van der Waals surface area contributed by atoms with Gasteiger partial charge in [-0.3, -0.25) is 4.79 Å². The zero-order valence-corrected chi connectivity index (χ0v) is 22.2. The van der Waals surface area contributed by atoms with Gasteiger partial charge >= 0.3 is 0 Å². The van der Waals surface area contributed by atoms with Gasteiger partial charge < -0.3 is 9.47 Å². The summed E-state index contributed by atoms with van der Waals surface area (Å²) in [6, 6.07) is 35.3. The summed E-state index contributed by atoms with van der Waals surface area (Å²) in [6.45, 7) is 2.59. The average molecular weight is 531 g/mol. The molecule has 0 aliphatic heterocycles. The van der Waals surface area contributed by atoms with Crippen molar-refractivity contribution < 1.29 is 14.3 Å². The number of rotatable bonds is 11. The highest BCUT2D eigenvalue weighted by molar-refractivity contribution is 5.90. The van der Waals surface area contributed by atoms with Crippen molar-refractivity contribution in [3.8, 4) is 39.6 Å². The van der Waals surface area contributed by atoms with E-state index >= 15 is 0 Å². The highest BCUT2D eigenvalue weighted by Gasteiger charge is 2.12. The first-order chi connectivity index (χ1) is 19.7. The van der Waals surface area contributed by atoms with Crippen LogP contribution in [0.15, 0.2) is 120 Å². The fourth-order valence-corrected chi connectivity index (χ4v) is 4.08. The molecule has 0 aliphatic carbocycles. The molecule has 1 heterocycles. The van der Waals surface area contributed by atoms with E-state index in [1.165, 1.54) is 0 Å². The molecule has 0 saturated heterocycles. The molecule has 1 aromatic heterocycles. The van der Waals surface area contributed by atoms with Crippen LogP contribution in [0.25, 0.3) is 28.1 Å². The Morgan fingerprint density at radius 3 is 2.08 bits per heavy atom. The third kappa shape index (κ3) is 6.82. The average Bonchev–Trinajstić information content (AvgIpc) is 3.44. The molecule has 0 saturated carbocycles. The van der Waals surface area contributed by atoms with Gasteiger partial charge in [-0.25, -0.2) is 10.1 Å². The summed E-state index contributed by atoms with van der Waals surface area (Å²) in [7, 11) is 0. The van der Waals surface area contributed by atoms with E-state index < -0.39 is 0 Å². The lowest BCUT2D eigenvalue weighted by Crippen LogP contribution is -2.24. The quantitative estimate of drug-likeness (QED) is 0.156. The number of nitrogens with zero attached hydrogens (tertiary/aromatic N) is 3. The van der Waals surface area contributed by atoms with Crippen LogP contribution in [-0.2, 0) is 4.79 Å². The first-order valence-corrected chi connectivity index (χ1v) is 13.2. The monoisotopic (exact) mass is 530 g/mol. The first kappa shape index (κ1) is 26.4. The van der Waals surface area contributed by atoms with Crippen LogP contribution in [0, 0.1) is 0 Å². The number of aromatic nitrogens is 2. The Bertz CT molecular complexity index is 1550. The number of benzene rings is 4. The van der Waals surface area contributed by atoms with Crippen molar-refractivity contribution in [2.45, 2.75) is 13.3 Å². The standard InChI is InChI=1S/C33H30N4O3/c1-2-21-39-30-19-15-27(16-20-30)33-28(23-37(36-33)29-11-7-4-8-12-29)22-34-35-32(38)24-40-31-17-13-26(14-18-31)25-9-5-3-6-10-25/h3-20,22-23H,2,21,24H2,1H3,(H,35,38)/b34-22-. The second-order valence-electron chi connectivity index (χ2n) is 9.06. The van der Waals surface area contributed by atoms with Crippen molar-refractivity contribution in [2.75, 3.05) is 13.2 Å². The molecule has 0 fully saturated rings. The van der Waals surface area contributed by atoms with Crippen LogP contribution < -0.4 is 14.9 Å². The smallest absolute Gasteiger partial charge is 0.277 e. The van der Waals surface area contributed by atoms with Crippen LogP contribution in [0.5, 0.6) is 11.5 Å². The third-order valence-electron chi connectivity index (χ3n) is 6.09. The Hall–Kier alpha value is -5.17. The van der Waals surface area contributed by atoms with Gasteiger partial charge in [0.15, 0.2) is 6.61 Å². The second-order valence-corrected chi connectivity index (χ2v) is 9.06. The van der Waals surface area contributed by atoms with E-state index in [0.717, 1.165) is 45.8 Å². The number of carbonyl (C=O) groups excluding carboxylic acids is 1. The van der Waals surface area contributed by atoms with E-state index in [2.05, 4.69) is 17.5 Å². The van der Waals surface area contributed by atoms with Crippen LogP contribution >= 0.6 is 0 Å². The predicted octanol–water partition coefficient (Wildman–Crippen LogP) is 6.52. The molecule has 40 heavy (non-hydrogen) atoms. The minimum Gasteiger partial charge on any atom is -0.494 e. The molecule has 5 aromatic rings. The van der Waals surface area contributed by atoms with Crippen molar-refractivity contribution in [3.63, 3.8) is 0 Å². The maximum Gasteiger partial charge on any atom is 0.277 e. The van der Waals surface area contributed by atoms with Crippen LogP contribution in [0.2, 0.25) is 0 Å². The van der Waals surface area contributed by atoms with E-state index in [1.54, 1.807) is 10.9 Å². The van der Waals surface area contributed by atoms with Gasteiger partial charge in [-0.15, -0.1) is 0 Å². The summed E-state index contributed by atoms with van der Waals surface area (Å²) < 4.78 is 13.1. The molecule has 0 atom stereocenters. The van der Waals surface area contributed by atoms with Gasteiger partial charge in [-0.05, 0) is 66.1 Å². The van der Waals surface area contributed by atoms with E-state index in [4.69, 9.17) is 14.6 Å². The van der Waals surface area contributed by atoms with E-state index in [1.807, 2.05) is 115 Å². The largest absolute Gasteiger partial charge is 0.494 e. The van der Waals surface area contributed by atoms with Gasteiger partial charge in [0.1, 0.15) is 17.2 Å². The number of carbonyl (C=O) groups is 1. The maximum atomic E-state index is 12.4. The highest BCUT2D eigenvalue weighted by atomic mass is 16.5. The number of amides is 1. The Labute approximate surface area is 233 Å². The van der Waals surface area contributed by atoms with Crippen molar-refractivity contribution in [1.29, 1.82) is 0 Å². The zero-order chi connectivity index (χ0) is 27.6. The molecule has 200 valence electrons. The fourth-order valence-electron chi connectivity index (χ4n) is 4.08. The van der Waals surface area contributed by atoms with Gasteiger partial charge in [-0.2, -0.15) is 10.2 Å². The summed E-state index contributed by atoms with van der Waals surface area (Å²) in [5, 5.41) is 8.97. The number of hydrogen-bond donors (Lipinski definition) is 1. The highest BCUT2D eigenvalue weighted by Crippen LogP contribution is 2.25.